The Morgan fingerprint density at radius 2 is 1.79 bits per heavy atom. The van der Waals surface area contributed by atoms with E-state index in [1.165, 1.54) is 0 Å². The number of rotatable bonds is 2. The summed E-state index contributed by atoms with van der Waals surface area (Å²) in [5, 5.41) is 7.12. The summed E-state index contributed by atoms with van der Waals surface area (Å²) in [6.07, 6.45) is -5.08. The number of hydrogen-bond donors (Lipinski definition) is 3. The minimum atomic E-state index is -5.08. The summed E-state index contributed by atoms with van der Waals surface area (Å²) >= 11 is 0. The van der Waals surface area contributed by atoms with Crippen LogP contribution in [0, 0.1) is 6.92 Å². The van der Waals surface area contributed by atoms with E-state index in [0.717, 1.165) is 0 Å². The molecule has 0 saturated carbocycles. The first-order valence-electron chi connectivity index (χ1n) is 6.34. The topological polar surface area (TPSA) is 112 Å². The first kappa shape index (κ1) is 19.0. The van der Waals surface area contributed by atoms with Crippen LogP contribution in [0.3, 0.4) is 0 Å². The molecule has 2 rings (SSSR count). The lowest BCUT2D eigenvalue weighted by Crippen LogP contribution is -2.24. The summed E-state index contributed by atoms with van der Waals surface area (Å²) in [4.78, 5) is 36.5. The summed E-state index contributed by atoms with van der Waals surface area (Å²) in [6.45, 7) is 1.69. The molecule has 130 valence electrons. The van der Waals surface area contributed by atoms with E-state index in [-0.39, 0.29) is 0 Å². The predicted molar refractivity (Wildman–Crippen MR) is 78.1 cm³/mol. The molecule has 0 aliphatic rings. The molecule has 0 amide bonds. The largest absolute Gasteiger partial charge is 0.497 e. The van der Waals surface area contributed by atoms with Gasteiger partial charge in [-0.1, -0.05) is 12.1 Å². The van der Waals surface area contributed by atoms with Gasteiger partial charge in [0.25, 0.3) is 5.56 Å². The molecule has 0 bridgehead atoms. The molecule has 1 heterocycles. The number of carboxylic acids is 1. The van der Waals surface area contributed by atoms with Crippen molar-refractivity contribution < 1.29 is 27.8 Å². The van der Waals surface area contributed by atoms with Crippen LogP contribution in [0.5, 0.6) is 5.75 Å². The van der Waals surface area contributed by atoms with Crippen LogP contribution in [0.25, 0.3) is 11.1 Å². The standard InChI is InChI=1S/C12H12N2O3.C2HF3O2/c1-7-10(11(15)14-12(16)13-7)8-4-3-5-9(6-8)17-2;3-2(4,5)1(6)7/h3-6H,1-2H3,(H2,13,14,15,16);(H,6,7). The van der Waals surface area contributed by atoms with Gasteiger partial charge < -0.3 is 14.8 Å². The molecule has 0 aliphatic heterocycles. The Balaban J connectivity index is 0.000000351. The number of methoxy groups -OCH3 is 1. The Labute approximate surface area is 132 Å². The molecular weight excluding hydrogens is 333 g/mol. The molecule has 0 radical (unpaired) electrons. The van der Waals surface area contributed by atoms with Crippen molar-refractivity contribution in [3.63, 3.8) is 0 Å². The van der Waals surface area contributed by atoms with E-state index in [0.29, 0.717) is 22.6 Å². The summed E-state index contributed by atoms with van der Waals surface area (Å²) in [5.74, 6) is -2.10. The fourth-order valence-corrected chi connectivity index (χ4v) is 1.73. The van der Waals surface area contributed by atoms with Crippen LogP contribution >= 0.6 is 0 Å². The number of alkyl halides is 3. The third kappa shape index (κ3) is 5.00. The number of aromatic nitrogens is 2. The summed E-state index contributed by atoms with van der Waals surface area (Å²) in [7, 11) is 1.56. The summed E-state index contributed by atoms with van der Waals surface area (Å²) < 4.78 is 36.8. The van der Waals surface area contributed by atoms with E-state index in [2.05, 4.69) is 9.97 Å². The predicted octanol–water partition coefficient (Wildman–Crippen LogP) is 1.68. The highest BCUT2D eigenvalue weighted by molar-refractivity contribution is 5.73. The molecule has 1 aromatic carbocycles. The van der Waals surface area contributed by atoms with E-state index >= 15 is 0 Å². The second-order valence-corrected chi connectivity index (χ2v) is 4.44. The molecule has 10 heteroatoms. The highest BCUT2D eigenvalue weighted by Crippen LogP contribution is 2.22. The van der Waals surface area contributed by atoms with Crippen molar-refractivity contribution in [3.05, 3.63) is 50.8 Å². The van der Waals surface area contributed by atoms with Gasteiger partial charge in [0.1, 0.15) is 5.75 Å². The quantitative estimate of drug-likeness (QED) is 0.766. The van der Waals surface area contributed by atoms with E-state index in [1.807, 2.05) is 0 Å². The molecule has 7 nitrogen and oxygen atoms in total. The molecular formula is C14H13F3N2O5. The normalized spacial score (nSPS) is 10.5. The number of ether oxygens (including phenoxy) is 1. The number of aliphatic carboxylic acids is 1. The molecule has 3 N–H and O–H groups in total. The molecule has 2 aromatic rings. The molecule has 0 atom stereocenters. The van der Waals surface area contributed by atoms with Gasteiger partial charge in [-0.05, 0) is 24.6 Å². The van der Waals surface area contributed by atoms with Crippen molar-refractivity contribution in [2.24, 2.45) is 0 Å². The van der Waals surface area contributed by atoms with Gasteiger partial charge in [0.2, 0.25) is 0 Å². The van der Waals surface area contributed by atoms with Crippen LogP contribution in [0.15, 0.2) is 33.9 Å². The zero-order valence-electron chi connectivity index (χ0n) is 12.5. The Bertz CT molecular complexity index is 839. The maximum Gasteiger partial charge on any atom is 0.490 e. The number of hydrogen-bond acceptors (Lipinski definition) is 4. The van der Waals surface area contributed by atoms with Gasteiger partial charge >= 0.3 is 17.8 Å². The van der Waals surface area contributed by atoms with Crippen molar-refractivity contribution in [2.75, 3.05) is 7.11 Å². The van der Waals surface area contributed by atoms with Crippen molar-refractivity contribution >= 4 is 5.97 Å². The minimum absolute atomic E-state index is 0.403. The molecule has 24 heavy (non-hydrogen) atoms. The number of aryl methyl sites for hydroxylation is 1. The van der Waals surface area contributed by atoms with E-state index in [9.17, 15) is 22.8 Å². The first-order valence-corrected chi connectivity index (χ1v) is 6.34. The number of aromatic amines is 2. The molecule has 0 unspecified atom stereocenters. The highest BCUT2D eigenvalue weighted by atomic mass is 19.4. The minimum Gasteiger partial charge on any atom is -0.497 e. The fourth-order valence-electron chi connectivity index (χ4n) is 1.73. The maximum atomic E-state index is 11.7. The van der Waals surface area contributed by atoms with Crippen LogP contribution in [-0.4, -0.2) is 34.3 Å². The van der Waals surface area contributed by atoms with Gasteiger partial charge in [0.15, 0.2) is 0 Å². The molecule has 1 aromatic heterocycles. The van der Waals surface area contributed by atoms with E-state index in [4.69, 9.17) is 14.6 Å². The lowest BCUT2D eigenvalue weighted by atomic mass is 10.1. The third-order valence-electron chi connectivity index (χ3n) is 2.73. The lowest BCUT2D eigenvalue weighted by molar-refractivity contribution is -0.192. The van der Waals surface area contributed by atoms with Crippen molar-refractivity contribution in [3.8, 4) is 16.9 Å². The lowest BCUT2D eigenvalue weighted by Gasteiger charge is -2.06. The van der Waals surface area contributed by atoms with Crippen LogP contribution in [-0.2, 0) is 4.79 Å². The number of halogens is 3. The van der Waals surface area contributed by atoms with Gasteiger partial charge in [-0.3, -0.25) is 9.78 Å². The van der Waals surface area contributed by atoms with Gasteiger partial charge in [0, 0.05) is 5.69 Å². The monoisotopic (exact) mass is 346 g/mol. The first-order chi connectivity index (χ1) is 11.1. The Hall–Kier alpha value is -3.04. The smallest absolute Gasteiger partial charge is 0.490 e. The summed E-state index contributed by atoms with van der Waals surface area (Å²) in [6, 6.07) is 7.12. The van der Waals surface area contributed by atoms with Crippen LogP contribution < -0.4 is 16.0 Å². The highest BCUT2D eigenvalue weighted by Gasteiger charge is 2.38. The number of nitrogens with one attached hydrogen (secondary N) is 2. The van der Waals surface area contributed by atoms with Crippen molar-refractivity contribution in [1.82, 2.24) is 9.97 Å². The average molecular weight is 346 g/mol. The third-order valence-corrected chi connectivity index (χ3v) is 2.73. The van der Waals surface area contributed by atoms with Gasteiger partial charge in [-0.15, -0.1) is 0 Å². The van der Waals surface area contributed by atoms with E-state index in [1.54, 1.807) is 38.3 Å². The van der Waals surface area contributed by atoms with Crippen LogP contribution in [0.4, 0.5) is 13.2 Å². The zero-order chi connectivity index (χ0) is 18.5. The van der Waals surface area contributed by atoms with Gasteiger partial charge in [-0.2, -0.15) is 13.2 Å². The van der Waals surface area contributed by atoms with Gasteiger partial charge in [-0.25, -0.2) is 9.59 Å². The van der Waals surface area contributed by atoms with Gasteiger partial charge in [0.05, 0.1) is 12.7 Å². The Morgan fingerprint density at radius 1 is 1.21 bits per heavy atom. The summed E-state index contributed by atoms with van der Waals surface area (Å²) in [5.41, 5.74) is 0.786. The number of carboxylic acid groups (broad SMARTS) is 1. The second-order valence-electron chi connectivity index (χ2n) is 4.44. The zero-order valence-corrected chi connectivity index (χ0v) is 12.5. The average Bonchev–Trinajstić information content (AvgIpc) is 2.46. The molecule has 0 aliphatic carbocycles. The Kier molecular flexibility index (Phi) is 5.93. The molecule has 0 fully saturated rings. The fraction of sp³-hybridized carbons (Fsp3) is 0.214. The maximum absolute atomic E-state index is 11.7. The number of H-pyrrole nitrogens is 2. The van der Waals surface area contributed by atoms with Crippen molar-refractivity contribution in [1.29, 1.82) is 0 Å². The number of benzene rings is 1. The number of carbonyl (C=O) groups is 1. The molecule has 0 saturated heterocycles. The van der Waals surface area contributed by atoms with Crippen LogP contribution in [0.2, 0.25) is 0 Å². The molecule has 0 spiro atoms. The van der Waals surface area contributed by atoms with E-state index < -0.39 is 23.4 Å². The SMILES string of the molecule is COc1cccc(-c2c(C)[nH]c(=O)[nH]c2=O)c1.O=C(O)C(F)(F)F. The van der Waals surface area contributed by atoms with Crippen LogP contribution in [0.1, 0.15) is 5.69 Å². The second kappa shape index (κ2) is 7.49. The Morgan fingerprint density at radius 3 is 2.25 bits per heavy atom. The van der Waals surface area contributed by atoms with Crippen molar-refractivity contribution in [2.45, 2.75) is 13.1 Å².